The molecule has 2 aliphatic rings. The summed E-state index contributed by atoms with van der Waals surface area (Å²) in [5.41, 5.74) is 3.77. The Hall–Kier alpha value is -2.27. The van der Waals surface area contributed by atoms with E-state index in [0.29, 0.717) is 18.7 Å². The van der Waals surface area contributed by atoms with E-state index < -0.39 is 0 Å². The first kappa shape index (κ1) is 17.2. The van der Waals surface area contributed by atoms with Crippen molar-refractivity contribution in [2.24, 2.45) is 0 Å². The van der Waals surface area contributed by atoms with Crippen LogP contribution in [0.1, 0.15) is 24.0 Å². The lowest BCUT2D eigenvalue weighted by Crippen LogP contribution is -2.38. The van der Waals surface area contributed by atoms with Gasteiger partial charge in [-0.05, 0) is 54.7 Å². The van der Waals surface area contributed by atoms with Gasteiger partial charge in [0.25, 0.3) is 0 Å². The summed E-state index contributed by atoms with van der Waals surface area (Å²) in [4.78, 5) is 27.4. The summed E-state index contributed by atoms with van der Waals surface area (Å²) in [5, 5.41) is 3.01. The molecule has 4 rings (SSSR count). The smallest absolute Gasteiger partial charge is 0.230 e. The van der Waals surface area contributed by atoms with Crippen molar-refractivity contribution in [2.75, 3.05) is 17.2 Å². The van der Waals surface area contributed by atoms with E-state index in [0.717, 1.165) is 17.0 Å². The van der Waals surface area contributed by atoms with Crippen molar-refractivity contribution in [3.05, 3.63) is 59.7 Å². The molecule has 2 aromatic rings. The molecule has 0 saturated carbocycles. The highest BCUT2D eigenvalue weighted by Crippen LogP contribution is 2.27. The van der Waals surface area contributed by atoms with Crippen LogP contribution in [0.25, 0.3) is 0 Å². The molecule has 1 fully saturated rings. The van der Waals surface area contributed by atoms with Crippen LogP contribution in [0.2, 0.25) is 0 Å². The second-order valence-corrected chi connectivity index (χ2v) is 7.93. The van der Waals surface area contributed by atoms with Gasteiger partial charge in [-0.3, -0.25) is 9.59 Å². The van der Waals surface area contributed by atoms with E-state index in [4.69, 9.17) is 0 Å². The van der Waals surface area contributed by atoms with Crippen molar-refractivity contribution >= 4 is 29.3 Å². The summed E-state index contributed by atoms with van der Waals surface area (Å²) in [5.74, 6) is 0.436. The van der Waals surface area contributed by atoms with Gasteiger partial charge in [-0.25, -0.2) is 0 Å². The molecule has 0 aromatic heterocycles. The molecule has 0 bridgehead atoms. The summed E-state index contributed by atoms with van der Waals surface area (Å²) in [7, 11) is 0. The van der Waals surface area contributed by atoms with Gasteiger partial charge in [0.2, 0.25) is 11.8 Å². The van der Waals surface area contributed by atoms with Crippen molar-refractivity contribution < 1.29 is 9.59 Å². The molecule has 1 saturated heterocycles. The second-order valence-electron chi connectivity index (χ2n) is 6.88. The van der Waals surface area contributed by atoms with Crippen molar-refractivity contribution in [3.8, 4) is 0 Å². The highest BCUT2D eigenvalue weighted by Gasteiger charge is 2.31. The number of benzene rings is 2. The number of thioether (sulfide) groups is 1. The topological polar surface area (TPSA) is 49.4 Å². The maximum absolute atomic E-state index is 12.3. The molecule has 1 aliphatic carbocycles. The third-order valence-electron chi connectivity index (χ3n) is 5.00. The molecule has 1 aliphatic heterocycles. The normalized spacial score (nSPS) is 18.8. The number of hydrogen-bond donors (Lipinski definition) is 1. The zero-order chi connectivity index (χ0) is 17.9. The maximum Gasteiger partial charge on any atom is 0.230 e. The van der Waals surface area contributed by atoms with Gasteiger partial charge in [-0.15, -0.1) is 11.8 Å². The zero-order valence-electron chi connectivity index (χ0n) is 14.6. The molecule has 4 nitrogen and oxygen atoms in total. The number of nitrogens with zero attached hydrogens (tertiary/aromatic N) is 1. The van der Waals surface area contributed by atoms with Crippen LogP contribution in [0, 0.1) is 0 Å². The Balaban J connectivity index is 1.29. The Labute approximate surface area is 158 Å². The molecular weight excluding hydrogens is 344 g/mol. The van der Waals surface area contributed by atoms with Crippen LogP contribution in [0.3, 0.4) is 0 Å². The van der Waals surface area contributed by atoms with Crippen LogP contribution in [0.5, 0.6) is 0 Å². The number of aryl methyl sites for hydroxylation is 2. The lowest BCUT2D eigenvalue weighted by molar-refractivity contribution is -0.119. The average Bonchev–Trinajstić information content (AvgIpc) is 3.26. The van der Waals surface area contributed by atoms with Crippen molar-refractivity contribution in [3.63, 3.8) is 0 Å². The van der Waals surface area contributed by atoms with Crippen LogP contribution in [-0.2, 0) is 22.4 Å². The fourth-order valence-electron chi connectivity index (χ4n) is 3.72. The quantitative estimate of drug-likeness (QED) is 0.827. The standard InChI is InChI=1S/C21H22N2O2S/c24-20(14-26-19-10-9-15-5-4-6-16(15)11-19)22-17-12-21(25)23(13-17)18-7-2-1-3-8-18/h1-3,7-11,17H,4-6,12-14H2,(H,22,24). The van der Waals surface area contributed by atoms with Gasteiger partial charge < -0.3 is 10.2 Å². The molecule has 26 heavy (non-hydrogen) atoms. The first-order valence-corrected chi connectivity index (χ1v) is 10.1. The van der Waals surface area contributed by atoms with Gasteiger partial charge in [0.1, 0.15) is 0 Å². The van der Waals surface area contributed by atoms with Gasteiger partial charge in [0.05, 0.1) is 11.8 Å². The van der Waals surface area contributed by atoms with Crippen LogP contribution in [0.15, 0.2) is 53.4 Å². The molecule has 0 radical (unpaired) electrons. The molecule has 0 spiro atoms. The number of carbonyl (C=O) groups is 2. The van der Waals surface area contributed by atoms with Crippen LogP contribution in [0.4, 0.5) is 5.69 Å². The molecule has 2 aromatic carbocycles. The minimum atomic E-state index is -0.115. The minimum absolute atomic E-state index is 0.0109. The highest BCUT2D eigenvalue weighted by atomic mass is 32.2. The summed E-state index contributed by atoms with van der Waals surface area (Å²) in [6.45, 7) is 0.540. The van der Waals surface area contributed by atoms with E-state index in [2.05, 4.69) is 23.5 Å². The van der Waals surface area contributed by atoms with E-state index in [-0.39, 0.29) is 17.9 Å². The molecule has 1 atom stereocenters. The predicted molar refractivity (Wildman–Crippen MR) is 105 cm³/mol. The summed E-state index contributed by atoms with van der Waals surface area (Å²) < 4.78 is 0. The predicted octanol–water partition coefficient (Wildman–Crippen LogP) is 3.19. The van der Waals surface area contributed by atoms with E-state index in [9.17, 15) is 9.59 Å². The van der Waals surface area contributed by atoms with E-state index in [1.165, 1.54) is 24.0 Å². The van der Waals surface area contributed by atoms with Gasteiger partial charge >= 0.3 is 0 Å². The van der Waals surface area contributed by atoms with Crippen LogP contribution in [-0.4, -0.2) is 30.2 Å². The fraction of sp³-hybridized carbons (Fsp3) is 0.333. The van der Waals surface area contributed by atoms with E-state index in [1.807, 2.05) is 30.3 Å². The van der Waals surface area contributed by atoms with Gasteiger partial charge in [0.15, 0.2) is 0 Å². The minimum Gasteiger partial charge on any atom is -0.350 e. The largest absolute Gasteiger partial charge is 0.350 e. The Morgan fingerprint density at radius 3 is 2.77 bits per heavy atom. The molecule has 1 unspecified atom stereocenters. The fourth-order valence-corrected chi connectivity index (χ4v) is 4.49. The zero-order valence-corrected chi connectivity index (χ0v) is 15.4. The SMILES string of the molecule is O=C(CSc1ccc2c(c1)CCC2)NC1CC(=O)N(c2ccccc2)C1. The second kappa shape index (κ2) is 7.54. The molecule has 134 valence electrons. The number of fused-ring (bicyclic) bond motifs is 1. The van der Waals surface area contributed by atoms with Crippen molar-refractivity contribution in [2.45, 2.75) is 36.6 Å². The monoisotopic (exact) mass is 366 g/mol. The summed E-state index contributed by atoms with van der Waals surface area (Å²) in [6.07, 6.45) is 3.92. The molecule has 5 heteroatoms. The number of amides is 2. The number of hydrogen-bond acceptors (Lipinski definition) is 3. The molecule has 1 heterocycles. The van der Waals surface area contributed by atoms with Crippen molar-refractivity contribution in [1.82, 2.24) is 5.32 Å². The van der Waals surface area contributed by atoms with Gasteiger partial charge in [-0.2, -0.15) is 0 Å². The lowest BCUT2D eigenvalue weighted by Gasteiger charge is -2.17. The van der Waals surface area contributed by atoms with Gasteiger partial charge in [0, 0.05) is 23.5 Å². The first-order valence-electron chi connectivity index (χ1n) is 9.08. The number of para-hydroxylation sites is 1. The number of carbonyl (C=O) groups excluding carboxylic acids is 2. The summed E-state index contributed by atoms with van der Waals surface area (Å²) in [6, 6.07) is 16.0. The van der Waals surface area contributed by atoms with E-state index in [1.54, 1.807) is 16.7 Å². The van der Waals surface area contributed by atoms with E-state index >= 15 is 0 Å². The first-order chi connectivity index (χ1) is 12.7. The molecule has 2 amide bonds. The highest BCUT2D eigenvalue weighted by molar-refractivity contribution is 8.00. The van der Waals surface area contributed by atoms with Crippen molar-refractivity contribution in [1.29, 1.82) is 0 Å². The Kier molecular flexibility index (Phi) is 4.98. The van der Waals surface area contributed by atoms with Gasteiger partial charge in [-0.1, -0.05) is 24.3 Å². The maximum atomic E-state index is 12.3. The lowest BCUT2D eigenvalue weighted by atomic mass is 10.1. The van der Waals surface area contributed by atoms with Crippen LogP contribution >= 0.6 is 11.8 Å². The third kappa shape index (κ3) is 3.78. The third-order valence-corrected chi connectivity index (χ3v) is 5.99. The number of nitrogens with one attached hydrogen (secondary N) is 1. The number of anilines is 1. The Bertz CT molecular complexity index is 822. The summed E-state index contributed by atoms with van der Waals surface area (Å²) >= 11 is 1.57. The number of rotatable bonds is 5. The average molecular weight is 366 g/mol. The Morgan fingerprint density at radius 2 is 1.92 bits per heavy atom. The Morgan fingerprint density at radius 1 is 1.12 bits per heavy atom. The molecule has 1 N–H and O–H groups in total. The van der Waals surface area contributed by atoms with Crippen LogP contribution < -0.4 is 10.2 Å². The molecular formula is C21H22N2O2S.